The number of alkyl halides is 3. The summed E-state index contributed by atoms with van der Waals surface area (Å²) in [5.74, 6) is 0.595. The molecule has 1 N–H and O–H groups in total. The number of halogens is 3. The molecule has 1 heterocycles. The van der Waals surface area contributed by atoms with Crippen LogP contribution in [0.15, 0.2) is 53.4 Å². The van der Waals surface area contributed by atoms with Gasteiger partial charge < -0.3 is 15.0 Å². The van der Waals surface area contributed by atoms with Crippen molar-refractivity contribution in [3.63, 3.8) is 0 Å². The maximum Gasteiger partial charge on any atom is 0.416 e. The SMILES string of the molecule is CCOc1ccc(S(=O)(=O)N2CCN(C(=S)Nc3cccc(C(F)(F)F)c3)CC2)cc1. The van der Waals surface area contributed by atoms with Gasteiger partial charge in [0.25, 0.3) is 0 Å². The fraction of sp³-hybridized carbons (Fsp3) is 0.350. The summed E-state index contributed by atoms with van der Waals surface area (Å²) in [7, 11) is -3.66. The standard InChI is InChI=1S/C20H22F3N3O3S2/c1-2-29-17-6-8-18(9-7-17)31(27,28)26-12-10-25(11-13-26)19(30)24-16-5-3-4-15(14-16)20(21,22)23/h3-9,14H,2,10-13H2,1H3,(H,24,30). The van der Waals surface area contributed by atoms with Crippen molar-refractivity contribution in [1.29, 1.82) is 0 Å². The molecule has 1 aliphatic rings. The van der Waals surface area contributed by atoms with Crippen molar-refractivity contribution in [2.75, 3.05) is 38.1 Å². The van der Waals surface area contributed by atoms with Crippen LogP contribution in [-0.4, -0.2) is 55.5 Å². The molecule has 2 aromatic rings. The summed E-state index contributed by atoms with van der Waals surface area (Å²) in [5.41, 5.74) is -0.546. The van der Waals surface area contributed by atoms with Crippen molar-refractivity contribution in [2.24, 2.45) is 0 Å². The molecule has 0 saturated carbocycles. The van der Waals surface area contributed by atoms with E-state index in [9.17, 15) is 21.6 Å². The van der Waals surface area contributed by atoms with Crippen LogP contribution in [0.25, 0.3) is 0 Å². The van der Waals surface area contributed by atoms with Crippen LogP contribution in [0.4, 0.5) is 18.9 Å². The van der Waals surface area contributed by atoms with Crippen molar-refractivity contribution < 1.29 is 26.3 Å². The third kappa shape index (κ3) is 5.66. The van der Waals surface area contributed by atoms with E-state index in [0.717, 1.165) is 12.1 Å². The molecule has 6 nitrogen and oxygen atoms in total. The van der Waals surface area contributed by atoms with Crippen LogP contribution in [-0.2, 0) is 16.2 Å². The van der Waals surface area contributed by atoms with Gasteiger partial charge >= 0.3 is 6.18 Å². The van der Waals surface area contributed by atoms with E-state index >= 15 is 0 Å². The summed E-state index contributed by atoms with van der Waals surface area (Å²) in [6, 6.07) is 11.0. The van der Waals surface area contributed by atoms with E-state index < -0.39 is 21.8 Å². The smallest absolute Gasteiger partial charge is 0.416 e. The van der Waals surface area contributed by atoms with Gasteiger partial charge in [-0.15, -0.1) is 0 Å². The van der Waals surface area contributed by atoms with Crippen LogP contribution in [0.3, 0.4) is 0 Å². The summed E-state index contributed by atoms with van der Waals surface area (Å²) in [5, 5.41) is 3.05. The molecule has 31 heavy (non-hydrogen) atoms. The third-order valence-electron chi connectivity index (χ3n) is 4.74. The second kappa shape index (κ2) is 9.41. The number of benzene rings is 2. The first kappa shape index (κ1) is 23.3. The van der Waals surface area contributed by atoms with E-state index in [1.165, 1.54) is 28.6 Å². The Labute approximate surface area is 184 Å². The topological polar surface area (TPSA) is 61.9 Å². The Morgan fingerprint density at radius 2 is 1.74 bits per heavy atom. The van der Waals surface area contributed by atoms with Crippen LogP contribution in [0.5, 0.6) is 5.75 Å². The van der Waals surface area contributed by atoms with Gasteiger partial charge in [-0.1, -0.05) is 6.07 Å². The highest BCUT2D eigenvalue weighted by Gasteiger charge is 2.31. The Kier molecular flexibility index (Phi) is 7.07. The van der Waals surface area contributed by atoms with E-state index in [0.29, 0.717) is 25.4 Å². The fourth-order valence-corrected chi connectivity index (χ4v) is 4.85. The van der Waals surface area contributed by atoms with E-state index in [1.54, 1.807) is 17.0 Å². The van der Waals surface area contributed by atoms with Crippen molar-refractivity contribution in [3.05, 3.63) is 54.1 Å². The molecule has 1 aliphatic heterocycles. The van der Waals surface area contributed by atoms with Crippen molar-refractivity contribution in [3.8, 4) is 5.75 Å². The zero-order valence-electron chi connectivity index (χ0n) is 16.7. The molecular weight excluding hydrogens is 451 g/mol. The van der Waals surface area contributed by atoms with Crippen LogP contribution < -0.4 is 10.1 Å². The van der Waals surface area contributed by atoms with Crippen molar-refractivity contribution >= 4 is 33.0 Å². The second-order valence-corrected chi connectivity index (χ2v) is 9.13. The van der Waals surface area contributed by atoms with Gasteiger partial charge in [-0.3, -0.25) is 0 Å². The summed E-state index contributed by atoms with van der Waals surface area (Å²) in [6.45, 7) is 3.39. The Morgan fingerprint density at radius 3 is 2.32 bits per heavy atom. The van der Waals surface area contributed by atoms with Crippen molar-refractivity contribution in [1.82, 2.24) is 9.21 Å². The molecule has 1 fully saturated rings. The average Bonchev–Trinajstić information content (AvgIpc) is 2.74. The number of hydrogen-bond acceptors (Lipinski definition) is 4. The first-order valence-corrected chi connectivity index (χ1v) is 11.4. The number of ether oxygens (including phenoxy) is 1. The zero-order chi connectivity index (χ0) is 22.6. The number of anilines is 1. The minimum absolute atomic E-state index is 0.175. The van der Waals surface area contributed by atoms with E-state index in [4.69, 9.17) is 17.0 Å². The molecule has 168 valence electrons. The summed E-state index contributed by atoms with van der Waals surface area (Å²) in [4.78, 5) is 1.91. The molecule has 11 heteroatoms. The van der Waals surface area contributed by atoms with Gasteiger partial charge in [0.2, 0.25) is 10.0 Å². The lowest BCUT2D eigenvalue weighted by molar-refractivity contribution is -0.137. The predicted octanol–water partition coefficient (Wildman–Crippen LogP) is 3.81. The van der Waals surface area contributed by atoms with E-state index in [2.05, 4.69) is 5.32 Å². The first-order chi connectivity index (χ1) is 14.6. The maximum absolute atomic E-state index is 12.9. The molecule has 2 aromatic carbocycles. The molecule has 0 radical (unpaired) electrons. The van der Waals surface area contributed by atoms with Crippen molar-refractivity contribution in [2.45, 2.75) is 18.0 Å². The number of piperazine rings is 1. The Bertz CT molecular complexity index is 1020. The van der Waals surface area contributed by atoms with Gasteiger partial charge in [0.05, 0.1) is 17.1 Å². The Hall–Kier alpha value is -2.37. The highest BCUT2D eigenvalue weighted by molar-refractivity contribution is 7.89. The largest absolute Gasteiger partial charge is 0.494 e. The predicted molar refractivity (Wildman–Crippen MR) is 116 cm³/mol. The summed E-state index contributed by atoms with van der Waals surface area (Å²) >= 11 is 5.31. The molecular formula is C20H22F3N3O3S2. The number of sulfonamides is 1. The maximum atomic E-state index is 12.9. The third-order valence-corrected chi connectivity index (χ3v) is 7.01. The van der Waals surface area contributed by atoms with Gasteiger partial charge in [-0.25, -0.2) is 8.42 Å². The molecule has 0 unspecified atom stereocenters. The molecule has 3 rings (SSSR count). The number of nitrogens with one attached hydrogen (secondary N) is 1. The van der Waals surface area contributed by atoms with Crippen LogP contribution >= 0.6 is 12.2 Å². The Morgan fingerprint density at radius 1 is 1.10 bits per heavy atom. The van der Waals surface area contributed by atoms with Gasteiger partial charge in [0.1, 0.15) is 5.75 Å². The lowest BCUT2D eigenvalue weighted by Gasteiger charge is -2.35. The molecule has 1 saturated heterocycles. The lowest BCUT2D eigenvalue weighted by atomic mass is 10.2. The van der Waals surface area contributed by atoms with Gasteiger partial charge in [-0.2, -0.15) is 17.5 Å². The average molecular weight is 474 g/mol. The van der Waals surface area contributed by atoms with E-state index in [-0.39, 0.29) is 28.8 Å². The van der Waals surface area contributed by atoms with Gasteiger partial charge in [0, 0.05) is 31.9 Å². The monoisotopic (exact) mass is 473 g/mol. The van der Waals surface area contributed by atoms with E-state index in [1.807, 2.05) is 6.92 Å². The first-order valence-electron chi connectivity index (χ1n) is 9.57. The van der Waals surface area contributed by atoms with Crippen LogP contribution in [0.2, 0.25) is 0 Å². The van der Waals surface area contributed by atoms with Gasteiger partial charge in [0.15, 0.2) is 5.11 Å². The zero-order valence-corrected chi connectivity index (χ0v) is 18.4. The minimum Gasteiger partial charge on any atom is -0.494 e. The number of hydrogen-bond donors (Lipinski definition) is 1. The number of thiocarbonyl (C=S) groups is 1. The normalized spacial score (nSPS) is 15.5. The summed E-state index contributed by atoms with van der Waals surface area (Å²) < 4.78 is 71.1. The Balaban J connectivity index is 1.60. The lowest BCUT2D eigenvalue weighted by Crippen LogP contribution is -2.51. The highest BCUT2D eigenvalue weighted by atomic mass is 32.2. The molecule has 0 atom stereocenters. The summed E-state index contributed by atoms with van der Waals surface area (Å²) in [6.07, 6.45) is -4.44. The molecule has 0 spiro atoms. The number of nitrogens with zero attached hydrogens (tertiary/aromatic N) is 2. The number of rotatable bonds is 5. The minimum atomic E-state index is -4.44. The van der Waals surface area contributed by atoms with Crippen LogP contribution in [0, 0.1) is 0 Å². The van der Waals surface area contributed by atoms with Crippen LogP contribution in [0.1, 0.15) is 12.5 Å². The fourth-order valence-electron chi connectivity index (χ4n) is 3.13. The molecule has 0 bridgehead atoms. The quantitative estimate of drug-likeness (QED) is 0.667. The van der Waals surface area contributed by atoms with Gasteiger partial charge in [-0.05, 0) is 61.6 Å². The molecule has 0 aromatic heterocycles. The molecule has 0 aliphatic carbocycles. The molecule has 0 amide bonds. The highest BCUT2D eigenvalue weighted by Crippen LogP contribution is 2.30. The second-order valence-electron chi connectivity index (χ2n) is 6.80.